The lowest BCUT2D eigenvalue weighted by molar-refractivity contribution is 0.151. The maximum absolute atomic E-state index is 12.6. The average molecular weight is 535 g/mol. The Bertz CT molecular complexity index is 804. The van der Waals surface area contributed by atoms with E-state index >= 15 is 0 Å². The van der Waals surface area contributed by atoms with Gasteiger partial charge in [-0.25, -0.2) is 13.4 Å². The van der Waals surface area contributed by atoms with E-state index < -0.39 is 10.0 Å². The SMILES string of the molecule is CCNC(=NCc1ccc(S(=O)(=O)N(C)C(C)C)cc1)N1CCC2(CCC2)C1.I. The van der Waals surface area contributed by atoms with Crippen LogP contribution in [0.3, 0.4) is 0 Å². The summed E-state index contributed by atoms with van der Waals surface area (Å²) < 4.78 is 26.6. The number of aliphatic imine (C=N–C) groups is 1. The van der Waals surface area contributed by atoms with Gasteiger partial charge in [0.2, 0.25) is 10.0 Å². The number of sulfonamides is 1. The van der Waals surface area contributed by atoms with Gasteiger partial charge in [0.1, 0.15) is 0 Å². The molecule has 164 valence electrons. The zero-order valence-corrected chi connectivity index (χ0v) is 21.2. The van der Waals surface area contributed by atoms with E-state index in [-0.39, 0.29) is 30.0 Å². The topological polar surface area (TPSA) is 65.0 Å². The number of nitrogens with one attached hydrogen (secondary N) is 1. The Morgan fingerprint density at radius 1 is 1.24 bits per heavy atom. The molecular formula is C21H35IN4O2S. The number of benzene rings is 1. The highest BCUT2D eigenvalue weighted by molar-refractivity contribution is 14.0. The molecule has 29 heavy (non-hydrogen) atoms. The number of guanidine groups is 1. The van der Waals surface area contributed by atoms with Gasteiger partial charge < -0.3 is 10.2 Å². The predicted molar refractivity (Wildman–Crippen MR) is 129 cm³/mol. The molecule has 1 spiro atoms. The maximum Gasteiger partial charge on any atom is 0.243 e. The molecule has 1 N–H and O–H groups in total. The van der Waals surface area contributed by atoms with Gasteiger partial charge in [0, 0.05) is 32.7 Å². The molecule has 0 aromatic heterocycles. The van der Waals surface area contributed by atoms with Crippen LogP contribution in [0.15, 0.2) is 34.2 Å². The maximum atomic E-state index is 12.6. The lowest BCUT2D eigenvalue weighted by atomic mass is 9.68. The fourth-order valence-electron chi connectivity index (χ4n) is 4.00. The van der Waals surface area contributed by atoms with E-state index in [2.05, 4.69) is 17.1 Å². The van der Waals surface area contributed by atoms with Gasteiger partial charge in [-0.3, -0.25) is 0 Å². The van der Waals surface area contributed by atoms with Crippen molar-refractivity contribution in [2.45, 2.75) is 63.9 Å². The molecule has 0 unspecified atom stereocenters. The second-order valence-electron chi connectivity index (χ2n) is 8.45. The Morgan fingerprint density at radius 2 is 1.90 bits per heavy atom. The highest BCUT2D eigenvalue weighted by Gasteiger charge is 2.43. The van der Waals surface area contributed by atoms with Crippen molar-refractivity contribution in [2.24, 2.45) is 10.4 Å². The highest BCUT2D eigenvalue weighted by atomic mass is 127. The largest absolute Gasteiger partial charge is 0.357 e. The Kier molecular flexibility index (Phi) is 8.38. The van der Waals surface area contributed by atoms with Crippen LogP contribution in [0.5, 0.6) is 0 Å². The van der Waals surface area contributed by atoms with Crippen LogP contribution < -0.4 is 5.32 Å². The van der Waals surface area contributed by atoms with Crippen molar-refractivity contribution in [1.29, 1.82) is 0 Å². The first kappa shape index (κ1) is 24.4. The van der Waals surface area contributed by atoms with E-state index in [0.29, 0.717) is 16.9 Å². The van der Waals surface area contributed by atoms with Crippen molar-refractivity contribution >= 4 is 40.0 Å². The minimum absolute atomic E-state index is 0. The van der Waals surface area contributed by atoms with Crippen molar-refractivity contribution in [1.82, 2.24) is 14.5 Å². The molecule has 1 aromatic carbocycles. The summed E-state index contributed by atoms with van der Waals surface area (Å²) in [5, 5.41) is 3.42. The smallest absolute Gasteiger partial charge is 0.243 e. The molecule has 0 atom stereocenters. The first-order valence-corrected chi connectivity index (χ1v) is 11.8. The highest BCUT2D eigenvalue weighted by Crippen LogP contribution is 2.47. The summed E-state index contributed by atoms with van der Waals surface area (Å²) >= 11 is 0. The first-order valence-electron chi connectivity index (χ1n) is 10.4. The van der Waals surface area contributed by atoms with Crippen LogP contribution in [-0.4, -0.2) is 56.3 Å². The molecule has 0 amide bonds. The van der Waals surface area contributed by atoms with Crippen LogP contribution in [0.4, 0.5) is 0 Å². The molecule has 1 aliphatic carbocycles. The second-order valence-corrected chi connectivity index (χ2v) is 10.5. The Morgan fingerprint density at radius 3 is 2.38 bits per heavy atom. The van der Waals surface area contributed by atoms with Crippen LogP contribution in [0.1, 0.15) is 52.0 Å². The number of rotatable bonds is 6. The van der Waals surface area contributed by atoms with E-state index in [4.69, 9.17) is 4.99 Å². The number of hydrogen-bond acceptors (Lipinski definition) is 3. The van der Waals surface area contributed by atoms with Gasteiger partial charge in [-0.15, -0.1) is 24.0 Å². The summed E-state index contributed by atoms with van der Waals surface area (Å²) in [6.07, 6.45) is 5.34. The molecule has 1 aromatic rings. The minimum atomic E-state index is -3.44. The van der Waals surface area contributed by atoms with Crippen LogP contribution in [-0.2, 0) is 16.6 Å². The van der Waals surface area contributed by atoms with Crippen LogP contribution >= 0.6 is 24.0 Å². The molecule has 3 rings (SSSR count). The Labute approximate surface area is 193 Å². The van der Waals surface area contributed by atoms with Gasteiger partial charge in [0.15, 0.2) is 5.96 Å². The molecule has 0 radical (unpaired) electrons. The minimum Gasteiger partial charge on any atom is -0.357 e. The summed E-state index contributed by atoms with van der Waals surface area (Å²) in [6.45, 7) is 9.41. The van der Waals surface area contributed by atoms with Crippen molar-refractivity contribution in [3.8, 4) is 0 Å². The van der Waals surface area contributed by atoms with Crippen molar-refractivity contribution in [2.75, 3.05) is 26.7 Å². The summed E-state index contributed by atoms with van der Waals surface area (Å²) in [6, 6.07) is 7.03. The van der Waals surface area contributed by atoms with E-state index in [1.165, 1.54) is 30.0 Å². The van der Waals surface area contributed by atoms with Gasteiger partial charge in [0.05, 0.1) is 11.4 Å². The predicted octanol–water partition coefficient (Wildman–Crippen LogP) is 3.68. The summed E-state index contributed by atoms with van der Waals surface area (Å²) in [7, 11) is -1.82. The van der Waals surface area contributed by atoms with E-state index in [9.17, 15) is 8.42 Å². The van der Waals surface area contributed by atoms with Crippen molar-refractivity contribution in [3.63, 3.8) is 0 Å². The standard InChI is InChI=1S/C21H34N4O2S.HI/c1-5-22-20(25-14-13-21(16-25)11-6-12-21)23-15-18-7-9-19(10-8-18)28(26,27)24(4)17(2)3;/h7-10,17H,5-6,11-16H2,1-4H3,(H,22,23);1H. The molecular weight excluding hydrogens is 499 g/mol. The van der Waals surface area contributed by atoms with Gasteiger partial charge >= 0.3 is 0 Å². The quantitative estimate of drug-likeness (QED) is 0.344. The molecule has 1 aliphatic heterocycles. The lowest BCUT2D eigenvalue weighted by Crippen LogP contribution is -2.42. The lowest BCUT2D eigenvalue weighted by Gasteiger charge is -2.38. The molecule has 1 saturated heterocycles. The van der Waals surface area contributed by atoms with Gasteiger partial charge in [-0.05, 0) is 63.1 Å². The zero-order chi connectivity index (χ0) is 20.4. The van der Waals surface area contributed by atoms with E-state index in [1.807, 2.05) is 26.0 Å². The molecule has 6 nitrogen and oxygen atoms in total. The average Bonchev–Trinajstić information content (AvgIpc) is 3.11. The van der Waals surface area contributed by atoms with Crippen molar-refractivity contribution < 1.29 is 8.42 Å². The van der Waals surface area contributed by atoms with E-state index in [0.717, 1.165) is 31.2 Å². The Balaban J connectivity index is 0.00000300. The van der Waals surface area contributed by atoms with Crippen LogP contribution in [0, 0.1) is 5.41 Å². The van der Waals surface area contributed by atoms with E-state index in [1.54, 1.807) is 19.2 Å². The number of halogens is 1. The number of hydrogen-bond donors (Lipinski definition) is 1. The molecule has 2 fully saturated rings. The second kappa shape index (κ2) is 9.96. The fourth-order valence-corrected chi connectivity index (χ4v) is 5.37. The van der Waals surface area contributed by atoms with Crippen LogP contribution in [0.25, 0.3) is 0 Å². The Hall–Kier alpha value is -0.870. The van der Waals surface area contributed by atoms with Gasteiger partial charge in [-0.2, -0.15) is 4.31 Å². The monoisotopic (exact) mass is 534 g/mol. The summed E-state index contributed by atoms with van der Waals surface area (Å²) in [5.74, 6) is 0.975. The summed E-state index contributed by atoms with van der Waals surface area (Å²) in [5.41, 5.74) is 1.55. The number of nitrogens with zero attached hydrogens (tertiary/aromatic N) is 3. The molecule has 8 heteroatoms. The molecule has 2 aliphatic rings. The third kappa shape index (κ3) is 5.44. The fraction of sp³-hybridized carbons (Fsp3) is 0.667. The molecule has 1 saturated carbocycles. The summed E-state index contributed by atoms with van der Waals surface area (Å²) in [4.78, 5) is 7.53. The first-order chi connectivity index (χ1) is 13.3. The van der Waals surface area contributed by atoms with Crippen molar-refractivity contribution in [3.05, 3.63) is 29.8 Å². The van der Waals surface area contributed by atoms with Crippen LogP contribution in [0.2, 0.25) is 0 Å². The van der Waals surface area contributed by atoms with Gasteiger partial charge in [0.25, 0.3) is 0 Å². The normalized spacial score (nSPS) is 18.8. The zero-order valence-electron chi connectivity index (χ0n) is 18.0. The van der Waals surface area contributed by atoms with Gasteiger partial charge in [-0.1, -0.05) is 18.6 Å². The molecule has 0 bridgehead atoms. The molecule has 1 heterocycles. The third-order valence-corrected chi connectivity index (χ3v) is 8.27. The third-order valence-electron chi connectivity index (χ3n) is 6.23. The number of likely N-dealkylation sites (tertiary alicyclic amines) is 1.